The Bertz CT molecular complexity index is 2150. The van der Waals surface area contributed by atoms with Crippen molar-refractivity contribution in [2.45, 2.75) is 55.9 Å². The van der Waals surface area contributed by atoms with Gasteiger partial charge in [0, 0.05) is 29.5 Å². The van der Waals surface area contributed by atoms with E-state index in [9.17, 15) is 18.3 Å². The normalized spacial score (nSPS) is 39.6. The number of nitrogens with zero attached hydrogens (tertiary/aromatic N) is 2. The van der Waals surface area contributed by atoms with Crippen molar-refractivity contribution in [3.63, 3.8) is 0 Å². The lowest BCUT2D eigenvalue weighted by Crippen LogP contribution is -2.51. The molecule has 0 unspecified atom stereocenters. The molecular formula is C28H35N3O7S2. The van der Waals surface area contributed by atoms with Crippen LogP contribution >= 0.6 is 11.3 Å². The highest BCUT2D eigenvalue weighted by atomic mass is 32.2. The highest BCUT2D eigenvalue weighted by molar-refractivity contribution is 7.89. The van der Waals surface area contributed by atoms with E-state index >= 15 is 0 Å². The van der Waals surface area contributed by atoms with Crippen molar-refractivity contribution in [1.82, 2.24) is 14.6 Å². The monoisotopic (exact) mass is 607 g/mol. The molecule has 2 aliphatic heterocycles. The molecule has 216 valence electrons. The molecule has 0 bridgehead atoms. The van der Waals surface area contributed by atoms with Crippen molar-refractivity contribution >= 4 is 37.7 Å². The zero-order chi connectivity index (χ0) is 44.1. The van der Waals surface area contributed by atoms with E-state index < -0.39 is 110 Å². The second-order valence-corrected chi connectivity index (χ2v) is 11.2. The number of rotatable bonds is 11. The molecule has 0 aliphatic carbocycles. The zero-order valence-electron chi connectivity index (χ0n) is 38.4. The number of carbonyl (C=O) groups excluding carboxylic acids is 1. The van der Waals surface area contributed by atoms with E-state index in [1.807, 2.05) is 5.32 Å². The summed E-state index contributed by atoms with van der Waals surface area (Å²) in [6.07, 6.45) is -16.4. The first-order valence-corrected chi connectivity index (χ1v) is 13.9. The highest BCUT2D eigenvalue weighted by Crippen LogP contribution is 2.33. The minimum atomic E-state index is -5.47. The summed E-state index contributed by atoms with van der Waals surface area (Å²) >= 11 is 0.951. The van der Waals surface area contributed by atoms with Gasteiger partial charge in [-0.2, -0.15) is 4.31 Å². The Morgan fingerprint density at radius 3 is 3.00 bits per heavy atom. The summed E-state index contributed by atoms with van der Waals surface area (Å²) in [6, 6.07) is 8.58. The molecule has 5 rings (SSSR count). The summed E-state index contributed by atoms with van der Waals surface area (Å²) in [5.41, 5.74) is 1.88. The van der Waals surface area contributed by atoms with Gasteiger partial charge in [0.15, 0.2) is 6.27 Å². The van der Waals surface area contributed by atoms with Gasteiger partial charge in [-0.25, -0.2) is 18.2 Å². The van der Waals surface area contributed by atoms with Gasteiger partial charge < -0.3 is 24.6 Å². The molecular weight excluding hydrogens is 554 g/mol. The van der Waals surface area contributed by atoms with Crippen LogP contribution in [0.4, 0.5) is 4.79 Å². The molecule has 0 radical (unpaired) electrons. The molecule has 3 heterocycles. The number of alkyl carbamates (subject to hydrolysis) is 1. The van der Waals surface area contributed by atoms with E-state index in [1.165, 1.54) is 35.8 Å². The summed E-state index contributed by atoms with van der Waals surface area (Å²) < 4.78 is 191. The lowest BCUT2D eigenvalue weighted by Gasteiger charge is -2.31. The lowest BCUT2D eigenvalue weighted by atomic mass is 10.0. The lowest BCUT2D eigenvalue weighted by molar-refractivity contribution is -0.0907. The molecule has 5 atom stereocenters. The van der Waals surface area contributed by atoms with Gasteiger partial charge in [0.2, 0.25) is 10.0 Å². The van der Waals surface area contributed by atoms with E-state index in [0.717, 1.165) is 23.5 Å². The van der Waals surface area contributed by atoms with Gasteiger partial charge in [0.05, 0.1) is 60.0 Å². The Balaban J connectivity index is 1.60. The van der Waals surface area contributed by atoms with Crippen LogP contribution in [0.3, 0.4) is 0 Å². The largest absolute Gasteiger partial charge is 0.443 e. The highest BCUT2D eigenvalue weighted by Gasteiger charge is 2.44. The number of aliphatic hydroxyl groups excluding tert-OH is 1. The van der Waals surface area contributed by atoms with Crippen molar-refractivity contribution in [1.29, 1.82) is 0 Å². The molecule has 0 saturated carbocycles. The minimum Gasteiger partial charge on any atom is -0.443 e. The van der Waals surface area contributed by atoms with E-state index in [2.05, 4.69) is 9.72 Å². The molecule has 0 spiro atoms. The maximum atomic E-state index is 14.4. The molecule has 10 nitrogen and oxygen atoms in total. The van der Waals surface area contributed by atoms with E-state index in [0.29, 0.717) is 5.52 Å². The fraction of sp³-hybridized carbons (Fsp3) is 0.500. The maximum absolute atomic E-state index is 14.4. The van der Waals surface area contributed by atoms with Crippen LogP contribution in [0.25, 0.3) is 10.2 Å². The fourth-order valence-electron chi connectivity index (χ4n) is 3.84. The van der Waals surface area contributed by atoms with Crippen LogP contribution in [0.15, 0.2) is 58.9 Å². The van der Waals surface area contributed by atoms with Gasteiger partial charge in [-0.15, -0.1) is 11.3 Å². The van der Waals surface area contributed by atoms with Crippen LogP contribution < -0.4 is 5.32 Å². The van der Waals surface area contributed by atoms with Crippen LogP contribution in [0, 0.1) is 11.8 Å². The van der Waals surface area contributed by atoms with Crippen LogP contribution in [-0.2, 0) is 30.7 Å². The maximum Gasteiger partial charge on any atom is 0.407 e. The standard InChI is InChI=1S/C28H35N3O7S2/c1-18(2)14-31(40(34,35)20-8-9-22-26(13-20)39-17-29-22)15-24(32)23(12-19-6-4-3-5-7-19)30-28(33)38-25-16-37-27-21(25)10-11-36-27/h3-9,13,17-18,21,23-25,27,32H,10-12,14-16H2,1-2H3,(H,30,33)/t21-,23-,24+,25-,27+/m0/s1/i1D3,2D3,10D2,11D2,14D2,16D2,18D,21D,25D,27D. The third kappa shape index (κ3) is 6.64. The molecule has 1 aromatic heterocycles. The summed E-state index contributed by atoms with van der Waals surface area (Å²) in [4.78, 5) is 16.9. The Kier molecular flexibility index (Phi) is 4.39. The summed E-state index contributed by atoms with van der Waals surface area (Å²) in [5.74, 6) is -8.09. The molecule has 2 aromatic carbocycles. The second kappa shape index (κ2) is 12.5. The van der Waals surface area contributed by atoms with Crippen molar-refractivity contribution in [3.05, 3.63) is 59.6 Å². The van der Waals surface area contributed by atoms with Gasteiger partial charge in [-0.3, -0.25) is 0 Å². The molecule has 3 aromatic rings. The minimum absolute atomic E-state index is 0.228. The number of fused-ring (bicyclic) bond motifs is 2. The number of benzene rings is 2. The molecule has 40 heavy (non-hydrogen) atoms. The van der Waals surface area contributed by atoms with Gasteiger partial charge >= 0.3 is 6.09 Å². The Morgan fingerprint density at radius 1 is 1.38 bits per heavy atom. The smallest absolute Gasteiger partial charge is 0.407 e. The number of sulfonamides is 1. The average molecular weight is 608 g/mol. The SMILES string of the molecule is [2H]C([2H])([2H])C([2H])(C([2H])([2H])[2H])C([2H])([2H])N(C[C@@H](O)[C@H](Cc1ccccc1)NC(=O)O[C@@]1([2H])C([2H])([2H])O[C@@]2([2H])OC([2H])([2H])C([2H])([2H])[C@]21[2H])S(=O)(=O)c1ccc2ncsc2c1. The number of ether oxygens (including phenoxy) is 3. The third-order valence-electron chi connectivity index (χ3n) is 5.73. The first-order chi connectivity index (χ1) is 26.1. The third-order valence-corrected chi connectivity index (χ3v) is 8.19. The zero-order valence-corrected chi connectivity index (χ0v) is 22.0. The molecule has 2 N–H and O–H groups in total. The van der Waals surface area contributed by atoms with Crippen LogP contribution in [0.5, 0.6) is 0 Å². The summed E-state index contributed by atoms with van der Waals surface area (Å²) in [5, 5.41) is 13.8. The van der Waals surface area contributed by atoms with Crippen LogP contribution in [-0.4, -0.2) is 79.6 Å². The molecule has 2 saturated heterocycles. The number of thiazole rings is 1. The Hall–Kier alpha value is -2.61. The summed E-state index contributed by atoms with van der Waals surface area (Å²) in [7, 11) is -5.47. The first kappa shape index (κ1) is 14.0. The van der Waals surface area contributed by atoms with Crippen molar-refractivity contribution in [2.75, 3.05) is 26.2 Å². The second-order valence-electron chi connectivity index (χ2n) is 8.43. The number of amides is 1. The number of aliphatic hydroxyl groups is 1. The van der Waals surface area contributed by atoms with Gasteiger partial charge in [0.1, 0.15) is 6.08 Å². The number of aromatic nitrogens is 1. The van der Waals surface area contributed by atoms with Gasteiger partial charge in [-0.05, 0) is 42.5 Å². The van der Waals surface area contributed by atoms with E-state index in [4.69, 9.17) is 34.1 Å². The van der Waals surface area contributed by atoms with Crippen LogP contribution in [0.1, 0.15) is 50.3 Å². The predicted molar refractivity (Wildman–Crippen MR) is 150 cm³/mol. The first-order valence-electron chi connectivity index (χ1n) is 20.6. The van der Waals surface area contributed by atoms with Gasteiger partial charge in [-0.1, -0.05) is 44.0 Å². The molecule has 1 amide bonds. The Morgan fingerprint density at radius 2 is 2.20 bits per heavy atom. The van der Waals surface area contributed by atoms with Crippen molar-refractivity contribution < 1.29 is 57.2 Å². The average Bonchev–Trinajstić information content (AvgIpc) is 3.62. The van der Waals surface area contributed by atoms with Crippen molar-refractivity contribution in [3.8, 4) is 0 Å². The van der Waals surface area contributed by atoms with Gasteiger partial charge in [0.25, 0.3) is 0 Å². The number of carbonyl (C=O) groups is 1. The van der Waals surface area contributed by atoms with E-state index in [1.54, 1.807) is 6.07 Å². The molecule has 2 fully saturated rings. The Labute approximate surface area is 263 Å². The molecule has 2 aliphatic rings. The number of hydrogen-bond acceptors (Lipinski definition) is 9. The van der Waals surface area contributed by atoms with Crippen molar-refractivity contribution in [2.24, 2.45) is 11.8 Å². The fourth-order valence-corrected chi connectivity index (χ4v) is 5.95. The topological polar surface area (TPSA) is 127 Å². The number of hydrogen-bond donors (Lipinski definition) is 2. The predicted octanol–water partition coefficient (Wildman–Crippen LogP) is 3.40. The number of nitrogens with one attached hydrogen (secondary N) is 1. The molecule has 12 heteroatoms. The van der Waals surface area contributed by atoms with Crippen LogP contribution in [0.2, 0.25) is 0 Å². The summed E-state index contributed by atoms with van der Waals surface area (Å²) in [6.45, 7) is -21.3. The quantitative estimate of drug-likeness (QED) is 0.340. The van der Waals surface area contributed by atoms with E-state index in [-0.39, 0.29) is 14.6 Å².